The number of hydrogen-bond donors (Lipinski definition) is 3. The van der Waals surface area contributed by atoms with Crippen molar-refractivity contribution in [2.75, 3.05) is 45.8 Å². The van der Waals surface area contributed by atoms with Crippen LogP contribution in [0.3, 0.4) is 0 Å². The highest BCUT2D eigenvalue weighted by Gasteiger charge is 2.71. The van der Waals surface area contributed by atoms with Gasteiger partial charge in [-0.25, -0.2) is 4.79 Å². The number of carbonyl (C=O) groups is 1. The Bertz CT molecular complexity index is 1160. The first kappa shape index (κ1) is 34.6. The maximum absolute atomic E-state index is 13.1. The van der Waals surface area contributed by atoms with Crippen LogP contribution < -0.4 is 5.32 Å². The predicted molar refractivity (Wildman–Crippen MR) is 139 cm³/mol. The summed E-state index contributed by atoms with van der Waals surface area (Å²) in [5.41, 5.74) is -3.96. The van der Waals surface area contributed by atoms with Crippen molar-refractivity contribution >= 4 is 5.97 Å². The van der Waals surface area contributed by atoms with E-state index in [1.807, 2.05) is 12.1 Å². The first-order valence-corrected chi connectivity index (χ1v) is 13.4. The van der Waals surface area contributed by atoms with Gasteiger partial charge in [-0.05, 0) is 48.5 Å². The van der Waals surface area contributed by atoms with E-state index >= 15 is 0 Å². The molecule has 0 bridgehead atoms. The van der Waals surface area contributed by atoms with Crippen molar-refractivity contribution in [3.63, 3.8) is 0 Å². The van der Waals surface area contributed by atoms with E-state index in [4.69, 9.17) is 9.90 Å². The summed E-state index contributed by atoms with van der Waals surface area (Å²) in [7, 11) is 0. The number of benzene rings is 2. The Morgan fingerprint density at radius 2 is 1.16 bits per heavy atom. The van der Waals surface area contributed by atoms with Crippen LogP contribution in [0.4, 0.5) is 39.5 Å². The highest BCUT2D eigenvalue weighted by atomic mass is 19.4. The Kier molecular flexibility index (Phi) is 11.1. The summed E-state index contributed by atoms with van der Waals surface area (Å²) in [5.74, 6) is -1.98. The fraction of sp³-hybridized carbons (Fsp3) is 0.536. The molecule has 6 nitrogen and oxygen atoms in total. The minimum atomic E-state index is -5.90. The van der Waals surface area contributed by atoms with Crippen molar-refractivity contribution in [3.05, 3.63) is 59.7 Å². The Morgan fingerprint density at radius 3 is 1.58 bits per heavy atom. The highest BCUT2D eigenvalue weighted by molar-refractivity contribution is 5.73. The zero-order valence-electron chi connectivity index (χ0n) is 22.9. The van der Waals surface area contributed by atoms with Gasteiger partial charge in [-0.15, -0.1) is 0 Å². The molecular formula is C28H32F9N3O3. The van der Waals surface area contributed by atoms with Gasteiger partial charge in [-0.3, -0.25) is 4.90 Å². The smallest absolute Gasteiger partial charge is 0.475 e. The number of piperazine rings is 1. The molecule has 0 atom stereocenters. The molecule has 0 spiro atoms. The monoisotopic (exact) mass is 629 g/mol. The number of halogens is 9. The van der Waals surface area contributed by atoms with E-state index in [9.17, 15) is 44.6 Å². The van der Waals surface area contributed by atoms with Crippen LogP contribution in [0, 0.1) is 5.92 Å². The molecule has 43 heavy (non-hydrogen) atoms. The van der Waals surface area contributed by atoms with E-state index in [0.717, 1.165) is 76.0 Å². The van der Waals surface area contributed by atoms with E-state index in [-0.39, 0.29) is 0 Å². The molecule has 2 aromatic carbocycles. The van der Waals surface area contributed by atoms with Crippen molar-refractivity contribution in [2.45, 2.75) is 43.5 Å². The van der Waals surface area contributed by atoms with Gasteiger partial charge in [0.2, 0.25) is 0 Å². The zero-order chi connectivity index (χ0) is 32.1. The molecule has 2 aromatic rings. The van der Waals surface area contributed by atoms with Gasteiger partial charge in [0.05, 0.1) is 0 Å². The summed E-state index contributed by atoms with van der Waals surface area (Å²) in [6, 6.07) is 11.1. The molecule has 2 fully saturated rings. The molecule has 4 rings (SSSR count). The summed E-state index contributed by atoms with van der Waals surface area (Å²) in [5, 5.41) is 20.1. The average molecular weight is 630 g/mol. The summed E-state index contributed by atoms with van der Waals surface area (Å²) in [6.07, 6.45) is -14.4. The second-order valence-corrected chi connectivity index (χ2v) is 10.6. The van der Waals surface area contributed by atoms with E-state index in [1.54, 1.807) is 12.1 Å². The van der Waals surface area contributed by atoms with Crippen molar-refractivity contribution in [1.29, 1.82) is 0 Å². The first-order chi connectivity index (χ1) is 19.9. The Hall–Kier alpha value is -2.88. The van der Waals surface area contributed by atoms with Crippen molar-refractivity contribution in [1.82, 2.24) is 15.1 Å². The van der Waals surface area contributed by atoms with Crippen LogP contribution in [-0.2, 0) is 16.9 Å². The van der Waals surface area contributed by atoms with Gasteiger partial charge >= 0.3 is 24.5 Å². The molecule has 0 saturated carbocycles. The average Bonchev–Trinajstić information content (AvgIpc) is 2.93. The molecule has 0 aliphatic carbocycles. The molecule has 2 saturated heterocycles. The zero-order valence-corrected chi connectivity index (χ0v) is 22.9. The second-order valence-electron chi connectivity index (χ2n) is 10.6. The number of aliphatic carboxylic acids is 1. The van der Waals surface area contributed by atoms with E-state index in [2.05, 4.69) is 15.1 Å². The molecule has 2 aliphatic heterocycles. The number of piperidine rings is 1. The molecule has 2 heterocycles. The second kappa shape index (κ2) is 13.8. The van der Waals surface area contributed by atoms with E-state index < -0.39 is 35.7 Å². The van der Waals surface area contributed by atoms with Gasteiger partial charge in [0.25, 0.3) is 5.60 Å². The quantitative estimate of drug-likeness (QED) is 0.371. The van der Waals surface area contributed by atoms with E-state index in [0.29, 0.717) is 23.3 Å². The summed E-state index contributed by atoms with van der Waals surface area (Å²) >= 11 is 0. The lowest BCUT2D eigenvalue weighted by Crippen LogP contribution is -2.53. The molecule has 0 aromatic heterocycles. The minimum absolute atomic E-state index is 0.462. The summed E-state index contributed by atoms with van der Waals surface area (Å²) in [6.45, 7) is 8.19. The number of rotatable bonds is 6. The van der Waals surface area contributed by atoms with Crippen LogP contribution in [-0.4, -0.2) is 90.3 Å². The maximum atomic E-state index is 13.1. The van der Waals surface area contributed by atoms with E-state index in [1.165, 1.54) is 12.8 Å². The molecule has 0 unspecified atom stereocenters. The van der Waals surface area contributed by atoms with Crippen LogP contribution in [0.5, 0.6) is 0 Å². The van der Waals surface area contributed by atoms with Crippen LogP contribution in [0.1, 0.15) is 24.0 Å². The number of aliphatic hydroxyl groups is 1. The lowest BCUT2D eigenvalue weighted by molar-refractivity contribution is -0.376. The van der Waals surface area contributed by atoms with Crippen LogP contribution in [0.25, 0.3) is 11.1 Å². The fourth-order valence-electron chi connectivity index (χ4n) is 5.01. The largest absolute Gasteiger partial charge is 0.490 e. The standard InChI is InChI=1S/C26H31F6N3O.C2HF3O2/c27-25(28,29)24(36,26(30,31)32)23-7-5-22(6-8-23)21-3-1-19(2-4-21)17-34-13-15-35(16-14-34)18-20-9-11-33-12-10-20;3-2(4,5)1(6)7/h1-8,20,33,36H,9-18H2;(H,6,7). The molecule has 3 N–H and O–H groups in total. The molecule has 15 heteroatoms. The molecular weight excluding hydrogens is 597 g/mol. The summed E-state index contributed by atoms with van der Waals surface area (Å²) < 4.78 is 110. The SMILES string of the molecule is O=C(O)C(F)(F)F.OC(c1ccc(-c2ccc(CN3CCN(CC4CCNCC4)CC3)cc2)cc1)(C(F)(F)F)C(F)(F)F. The van der Waals surface area contributed by atoms with Crippen molar-refractivity contribution < 1.29 is 54.5 Å². The first-order valence-electron chi connectivity index (χ1n) is 13.4. The third-order valence-corrected chi connectivity index (χ3v) is 7.50. The lowest BCUT2D eigenvalue weighted by atomic mass is 9.90. The highest BCUT2D eigenvalue weighted by Crippen LogP contribution is 2.50. The predicted octanol–water partition coefficient (Wildman–Crippen LogP) is 5.42. The molecule has 0 radical (unpaired) electrons. The number of carboxylic acid groups (broad SMARTS) is 1. The van der Waals surface area contributed by atoms with Crippen LogP contribution in [0.2, 0.25) is 0 Å². The Labute approximate surface area is 242 Å². The Morgan fingerprint density at radius 1 is 0.744 bits per heavy atom. The number of alkyl halides is 9. The van der Waals surface area contributed by atoms with Crippen molar-refractivity contribution in [2.24, 2.45) is 5.92 Å². The summed E-state index contributed by atoms with van der Waals surface area (Å²) in [4.78, 5) is 13.8. The molecule has 240 valence electrons. The van der Waals surface area contributed by atoms with Crippen molar-refractivity contribution in [3.8, 4) is 11.1 Å². The van der Waals surface area contributed by atoms with Crippen LogP contribution in [0.15, 0.2) is 48.5 Å². The third-order valence-electron chi connectivity index (χ3n) is 7.50. The van der Waals surface area contributed by atoms with Gasteiger partial charge in [-0.2, -0.15) is 39.5 Å². The number of nitrogens with zero attached hydrogens (tertiary/aromatic N) is 2. The molecule has 0 amide bonds. The fourth-order valence-corrected chi connectivity index (χ4v) is 5.01. The molecule has 2 aliphatic rings. The lowest BCUT2D eigenvalue weighted by Gasteiger charge is -2.37. The van der Waals surface area contributed by atoms with Gasteiger partial charge in [0.15, 0.2) is 0 Å². The third kappa shape index (κ3) is 9.06. The van der Waals surface area contributed by atoms with Crippen LogP contribution >= 0.6 is 0 Å². The van der Waals surface area contributed by atoms with Gasteiger partial charge in [-0.1, -0.05) is 48.5 Å². The maximum Gasteiger partial charge on any atom is 0.490 e. The van der Waals surface area contributed by atoms with Gasteiger partial charge < -0.3 is 20.4 Å². The van der Waals surface area contributed by atoms with Gasteiger partial charge in [0, 0.05) is 44.8 Å². The minimum Gasteiger partial charge on any atom is -0.475 e. The number of carboxylic acids is 1. The number of hydrogen-bond acceptors (Lipinski definition) is 5. The topological polar surface area (TPSA) is 76.0 Å². The Balaban J connectivity index is 0.000000646. The normalized spacial score (nSPS) is 18.2. The van der Waals surface area contributed by atoms with Gasteiger partial charge in [0.1, 0.15) is 0 Å². The number of nitrogens with one attached hydrogen (secondary N) is 1.